The Labute approximate surface area is 121 Å². The summed E-state index contributed by atoms with van der Waals surface area (Å²) in [4.78, 5) is 26.0. The zero-order chi connectivity index (χ0) is 13.8. The van der Waals surface area contributed by atoms with Gasteiger partial charge in [0.05, 0.1) is 0 Å². The largest absolute Gasteiger partial charge is 0.336 e. The van der Waals surface area contributed by atoms with E-state index in [1.54, 1.807) is 19.3 Å². The lowest BCUT2D eigenvalue weighted by Crippen LogP contribution is -2.36. The summed E-state index contributed by atoms with van der Waals surface area (Å²) in [6, 6.07) is 3.49. The van der Waals surface area contributed by atoms with E-state index in [-0.39, 0.29) is 11.5 Å². The summed E-state index contributed by atoms with van der Waals surface area (Å²) in [5.74, 6) is -0.00484. The van der Waals surface area contributed by atoms with E-state index in [2.05, 4.69) is 15.9 Å². The van der Waals surface area contributed by atoms with Crippen LogP contribution in [-0.4, -0.2) is 33.3 Å². The highest BCUT2D eigenvalue weighted by Gasteiger charge is 2.28. The highest BCUT2D eigenvalue weighted by molar-refractivity contribution is 9.09. The van der Waals surface area contributed by atoms with E-state index < -0.39 is 0 Å². The molecule has 4 nitrogen and oxygen atoms in total. The van der Waals surface area contributed by atoms with Crippen molar-refractivity contribution in [1.82, 2.24) is 9.47 Å². The number of likely N-dealkylation sites (tertiary alicyclic amines) is 1. The van der Waals surface area contributed by atoms with Crippen molar-refractivity contribution in [2.24, 2.45) is 7.05 Å². The van der Waals surface area contributed by atoms with Crippen LogP contribution in [-0.2, 0) is 7.05 Å². The smallest absolute Gasteiger partial charge is 0.254 e. The lowest BCUT2D eigenvalue weighted by Gasteiger charge is -2.24. The summed E-state index contributed by atoms with van der Waals surface area (Å²) in [6.07, 6.45) is 5.89. The van der Waals surface area contributed by atoms with Crippen LogP contribution in [0.5, 0.6) is 0 Å². The van der Waals surface area contributed by atoms with Crippen LogP contribution in [0.25, 0.3) is 0 Å². The molecule has 0 aliphatic carbocycles. The van der Waals surface area contributed by atoms with Crippen LogP contribution in [0.4, 0.5) is 0 Å². The Morgan fingerprint density at radius 2 is 2.32 bits per heavy atom. The normalized spacial score (nSPS) is 18.8. The number of alkyl halides is 1. The molecule has 0 aromatic carbocycles. The first-order valence-electron chi connectivity index (χ1n) is 6.67. The maximum absolute atomic E-state index is 12.5. The molecule has 2 rings (SSSR count). The van der Waals surface area contributed by atoms with Crippen molar-refractivity contribution >= 4 is 21.8 Å². The van der Waals surface area contributed by atoms with Gasteiger partial charge in [0.15, 0.2) is 0 Å². The number of rotatable bonds is 4. The maximum Gasteiger partial charge on any atom is 0.254 e. The number of hydrogen-bond donors (Lipinski definition) is 0. The van der Waals surface area contributed by atoms with Gasteiger partial charge in [-0.05, 0) is 31.7 Å². The summed E-state index contributed by atoms with van der Waals surface area (Å²) in [5.41, 5.74) is 0.371. The molecular weight excluding hydrogens is 308 g/mol. The number of hydrogen-bond acceptors (Lipinski definition) is 2. The van der Waals surface area contributed by atoms with Crippen molar-refractivity contribution in [3.8, 4) is 0 Å². The van der Waals surface area contributed by atoms with E-state index in [0.29, 0.717) is 11.6 Å². The van der Waals surface area contributed by atoms with Crippen molar-refractivity contribution in [3.63, 3.8) is 0 Å². The molecule has 1 atom stereocenters. The minimum absolute atomic E-state index is 0.00484. The highest BCUT2D eigenvalue weighted by atomic mass is 79.9. The second-order valence-electron chi connectivity index (χ2n) is 4.99. The number of carbonyl (C=O) groups is 1. The fraction of sp³-hybridized carbons (Fsp3) is 0.571. The van der Waals surface area contributed by atoms with Crippen LogP contribution in [0, 0.1) is 0 Å². The summed E-state index contributed by atoms with van der Waals surface area (Å²) in [6.45, 7) is 0.807. The second-order valence-corrected chi connectivity index (χ2v) is 5.78. The SMILES string of the molecule is Cn1ccc(C(=O)N2CCCC2CCCBr)cc1=O. The Kier molecular flexibility index (Phi) is 4.80. The molecule has 19 heavy (non-hydrogen) atoms. The van der Waals surface area contributed by atoms with E-state index in [0.717, 1.165) is 37.6 Å². The third-order valence-corrected chi connectivity index (χ3v) is 4.22. The van der Waals surface area contributed by atoms with Crippen molar-refractivity contribution in [2.45, 2.75) is 31.7 Å². The van der Waals surface area contributed by atoms with Gasteiger partial charge < -0.3 is 9.47 Å². The first kappa shape index (κ1) is 14.3. The maximum atomic E-state index is 12.5. The van der Waals surface area contributed by atoms with Gasteiger partial charge in [0, 0.05) is 42.8 Å². The average Bonchev–Trinajstić information content (AvgIpc) is 2.87. The molecule has 1 unspecified atom stereocenters. The van der Waals surface area contributed by atoms with E-state index in [4.69, 9.17) is 0 Å². The third kappa shape index (κ3) is 3.26. The van der Waals surface area contributed by atoms with Crippen molar-refractivity contribution in [2.75, 3.05) is 11.9 Å². The quantitative estimate of drug-likeness (QED) is 0.796. The van der Waals surface area contributed by atoms with Crippen LogP contribution < -0.4 is 5.56 Å². The molecule has 0 spiro atoms. The molecule has 1 aliphatic heterocycles. The second kappa shape index (κ2) is 6.37. The summed E-state index contributed by atoms with van der Waals surface area (Å²) < 4.78 is 1.48. The van der Waals surface area contributed by atoms with Gasteiger partial charge in [0.2, 0.25) is 0 Å². The van der Waals surface area contributed by atoms with E-state index in [1.165, 1.54) is 10.6 Å². The monoisotopic (exact) mass is 326 g/mol. The average molecular weight is 327 g/mol. The van der Waals surface area contributed by atoms with Crippen molar-refractivity contribution in [3.05, 3.63) is 34.2 Å². The molecule has 0 N–H and O–H groups in total. The lowest BCUT2D eigenvalue weighted by atomic mass is 10.1. The molecule has 5 heteroatoms. The molecule has 1 aromatic heterocycles. The summed E-state index contributed by atoms with van der Waals surface area (Å²) in [5, 5.41) is 0.970. The van der Waals surface area contributed by atoms with E-state index in [1.807, 2.05) is 4.90 Å². The molecule has 0 radical (unpaired) electrons. The van der Waals surface area contributed by atoms with E-state index in [9.17, 15) is 9.59 Å². The fourth-order valence-corrected chi connectivity index (χ4v) is 2.89. The molecule has 1 saturated heterocycles. The number of aromatic nitrogens is 1. The number of nitrogens with zero attached hydrogens (tertiary/aromatic N) is 2. The molecule has 0 bridgehead atoms. The van der Waals surface area contributed by atoms with Gasteiger partial charge in [-0.1, -0.05) is 15.9 Å². The van der Waals surface area contributed by atoms with Gasteiger partial charge in [-0.25, -0.2) is 0 Å². The van der Waals surface area contributed by atoms with Gasteiger partial charge >= 0.3 is 0 Å². The van der Waals surface area contributed by atoms with Crippen LogP contribution >= 0.6 is 15.9 Å². The Balaban J connectivity index is 2.13. The fourth-order valence-electron chi connectivity index (χ4n) is 2.56. The third-order valence-electron chi connectivity index (χ3n) is 3.66. The standard InChI is InChI=1S/C14H19BrN2O2/c1-16-9-6-11(10-13(16)18)14(19)17-8-3-5-12(17)4-2-7-15/h6,9-10,12H,2-5,7-8H2,1H3. The zero-order valence-electron chi connectivity index (χ0n) is 11.1. The minimum Gasteiger partial charge on any atom is -0.336 e. The molecule has 1 aliphatic rings. The molecular formula is C14H19BrN2O2. The van der Waals surface area contributed by atoms with Crippen LogP contribution in [0.1, 0.15) is 36.0 Å². The Hall–Kier alpha value is -1.10. The molecule has 1 amide bonds. The first-order chi connectivity index (χ1) is 9.13. The number of halogens is 1. The van der Waals surface area contributed by atoms with Crippen molar-refractivity contribution in [1.29, 1.82) is 0 Å². The molecule has 0 saturated carbocycles. The van der Waals surface area contributed by atoms with Gasteiger partial charge in [0.25, 0.3) is 11.5 Å². The molecule has 1 aromatic rings. The topological polar surface area (TPSA) is 42.3 Å². The Bertz CT molecular complexity index is 512. The van der Waals surface area contributed by atoms with Gasteiger partial charge in [-0.15, -0.1) is 0 Å². The zero-order valence-corrected chi connectivity index (χ0v) is 12.7. The lowest BCUT2D eigenvalue weighted by molar-refractivity contribution is 0.0730. The molecule has 1 fully saturated rings. The Morgan fingerprint density at radius 3 is 3.00 bits per heavy atom. The Morgan fingerprint density at radius 1 is 1.53 bits per heavy atom. The van der Waals surface area contributed by atoms with Crippen LogP contribution in [0.2, 0.25) is 0 Å². The predicted octanol–water partition coefficient (Wildman–Crippen LogP) is 2.17. The van der Waals surface area contributed by atoms with Gasteiger partial charge in [-0.2, -0.15) is 0 Å². The van der Waals surface area contributed by atoms with Crippen LogP contribution in [0.3, 0.4) is 0 Å². The first-order valence-corrected chi connectivity index (χ1v) is 7.79. The highest BCUT2D eigenvalue weighted by Crippen LogP contribution is 2.23. The summed E-state index contributed by atoms with van der Waals surface area (Å²) >= 11 is 3.43. The number of amides is 1. The van der Waals surface area contributed by atoms with Gasteiger partial charge in [-0.3, -0.25) is 9.59 Å². The van der Waals surface area contributed by atoms with Gasteiger partial charge in [0.1, 0.15) is 0 Å². The molecule has 2 heterocycles. The molecule has 104 valence electrons. The predicted molar refractivity (Wildman–Crippen MR) is 78.8 cm³/mol. The van der Waals surface area contributed by atoms with Crippen molar-refractivity contribution < 1.29 is 4.79 Å². The summed E-state index contributed by atoms with van der Waals surface area (Å²) in [7, 11) is 1.69. The number of pyridine rings is 1. The van der Waals surface area contributed by atoms with E-state index >= 15 is 0 Å². The minimum atomic E-state index is -0.137. The number of aryl methyl sites for hydroxylation is 1. The number of carbonyl (C=O) groups excluding carboxylic acids is 1. The van der Waals surface area contributed by atoms with Crippen LogP contribution in [0.15, 0.2) is 23.1 Å².